The maximum Gasteiger partial charge on any atom is 0.414 e. The van der Waals surface area contributed by atoms with Crippen molar-refractivity contribution in [2.24, 2.45) is 5.92 Å². The van der Waals surface area contributed by atoms with Crippen molar-refractivity contribution in [3.8, 4) is 0 Å². The van der Waals surface area contributed by atoms with Crippen LogP contribution in [-0.2, 0) is 6.42 Å². The monoisotopic (exact) mass is 292 g/mol. The molecule has 1 aromatic heterocycles. The Hall–Kier alpha value is -1.11. The largest absolute Gasteiger partial charge is 0.414 e. The molecule has 0 aliphatic heterocycles. The first-order chi connectivity index (χ1) is 9.40. The third kappa shape index (κ3) is 3.71. The van der Waals surface area contributed by atoms with E-state index in [0.29, 0.717) is 11.7 Å². The molecule has 0 bridgehead atoms. The Balaban J connectivity index is 1.98. The Labute approximate surface area is 115 Å². The smallest absolute Gasteiger partial charge is 0.383 e. The van der Waals surface area contributed by atoms with Gasteiger partial charge < -0.3 is 9.63 Å². The van der Waals surface area contributed by atoms with Gasteiger partial charge in [-0.3, -0.25) is 0 Å². The molecule has 1 aromatic rings. The molecule has 0 amide bonds. The first-order valence-corrected chi connectivity index (χ1v) is 6.97. The van der Waals surface area contributed by atoms with E-state index in [1.165, 1.54) is 6.42 Å². The molecule has 1 fully saturated rings. The molecule has 2 rings (SSSR count). The summed E-state index contributed by atoms with van der Waals surface area (Å²) in [5.74, 6) is 1.11. The maximum atomic E-state index is 12.3. The molecule has 4 nitrogen and oxygen atoms in total. The topological polar surface area (TPSA) is 59.2 Å². The standard InChI is InChI=1S/C13H19F3N2O2/c1-2-8-4-3-5-9(6-8)12-17-11(20-18-12)7-10(19)13(14,15)16/h8-10,19H,2-7H2,1H3. The van der Waals surface area contributed by atoms with Crippen LogP contribution in [-0.4, -0.2) is 27.5 Å². The molecule has 0 saturated heterocycles. The van der Waals surface area contributed by atoms with Crippen molar-refractivity contribution >= 4 is 0 Å². The van der Waals surface area contributed by atoms with Gasteiger partial charge in [-0.05, 0) is 18.8 Å². The SMILES string of the molecule is CCC1CCCC(c2noc(CC(O)C(F)(F)F)n2)C1. The molecular weight excluding hydrogens is 273 g/mol. The van der Waals surface area contributed by atoms with Gasteiger partial charge in [-0.1, -0.05) is 31.3 Å². The fourth-order valence-electron chi connectivity index (χ4n) is 2.69. The van der Waals surface area contributed by atoms with Crippen LogP contribution in [0.4, 0.5) is 13.2 Å². The lowest BCUT2D eigenvalue weighted by molar-refractivity contribution is -0.204. The molecule has 0 aromatic carbocycles. The first-order valence-electron chi connectivity index (χ1n) is 6.97. The van der Waals surface area contributed by atoms with Gasteiger partial charge in [-0.25, -0.2) is 0 Å². The first kappa shape index (κ1) is 15.3. The van der Waals surface area contributed by atoms with E-state index in [1.807, 2.05) is 0 Å². The highest BCUT2D eigenvalue weighted by Gasteiger charge is 2.39. The third-order valence-electron chi connectivity index (χ3n) is 3.95. The second kappa shape index (κ2) is 6.11. The zero-order valence-electron chi connectivity index (χ0n) is 11.4. The van der Waals surface area contributed by atoms with Crippen LogP contribution in [0.1, 0.15) is 56.7 Å². The Morgan fingerprint density at radius 1 is 1.40 bits per heavy atom. The summed E-state index contributed by atoms with van der Waals surface area (Å²) in [6, 6.07) is 0. The number of aromatic nitrogens is 2. The van der Waals surface area contributed by atoms with Crippen LogP contribution in [0.15, 0.2) is 4.52 Å². The summed E-state index contributed by atoms with van der Waals surface area (Å²) in [5, 5.41) is 12.8. The Bertz CT molecular complexity index is 433. The average molecular weight is 292 g/mol. The van der Waals surface area contributed by atoms with Crippen LogP contribution in [0, 0.1) is 5.92 Å². The number of alkyl halides is 3. The highest BCUT2D eigenvalue weighted by molar-refractivity contribution is 4.99. The number of aliphatic hydroxyl groups excluding tert-OH is 1. The van der Waals surface area contributed by atoms with Crippen LogP contribution in [0.25, 0.3) is 0 Å². The van der Waals surface area contributed by atoms with Crippen molar-refractivity contribution in [2.75, 3.05) is 0 Å². The summed E-state index contributed by atoms with van der Waals surface area (Å²) in [6.45, 7) is 2.13. The van der Waals surface area contributed by atoms with E-state index < -0.39 is 18.7 Å². The predicted octanol–water partition coefficient (Wildman–Crippen LogP) is 3.22. The molecule has 0 radical (unpaired) electrons. The number of rotatable bonds is 4. The van der Waals surface area contributed by atoms with Gasteiger partial charge in [0.1, 0.15) is 0 Å². The maximum absolute atomic E-state index is 12.3. The molecule has 1 aliphatic carbocycles. The van der Waals surface area contributed by atoms with E-state index in [4.69, 9.17) is 9.63 Å². The van der Waals surface area contributed by atoms with E-state index in [1.54, 1.807) is 0 Å². The van der Waals surface area contributed by atoms with Gasteiger partial charge in [0.05, 0.1) is 6.42 Å². The summed E-state index contributed by atoms with van der Waals surface area (Å²) in [5.41, 5.74) is 0. The van der Waals surface area contributed by atoms with Crippen molar-refractivity contribution in [3.63, 3.8) is 0 Å². The number of nitrogens with zero attached hydrogens (tertiary/aromatic N) is 2. The number of hydrogen-bond donors (Lipinski definition) is 1. The fourth-order valence-corrected chi connectivity index (χ4v) is 2.69. The summed E-state index contributed by atoms with van der Waals surface area (Å²) >= 11 is 0. The predicted molar refractivity (Wildman–Crippen MR) is 65.1 cm³/mol. The quantitative estimate of drug-likeness (QED) is 0.925. The Morgan fingerprint density at radius 2 is 2.15 bits per heavy atom. The highest BCUT2D eigenvalue weighted by atomic mass is 19.4. The average Bonchev–Trinajstić information content (AvgIpc) is 2.86. The summed E-state index contributed by atoms with van der Waals surface area (Å²) in [7, 11) is 0. The van der Waals surface area contributed by atoms with Crippen molar-refractivity contribution in [3.05, 3.63) is 11.7 Å². The molecule has 0 spiro atoms. The number of aliphatic hydroxyl groups is 1. The van der Waals surface area contributed by atoms with E-state index in [0.717, 1.165) is 25.7 Å². The lowest BCUT2D eigenvalue weighted by Crippen LogP contribution is -2.30. The molecule has 114 valence electrons. The molecule has 20 heavy (non-hydrogen) atoms. The summed E-state index contributed by atoms with van der Waals surface area (Å²) < 4.78 is 41.6. The van der Waals surface area contributed by atoms with Gasteiger partial charge in [0.25, 0.3) is 0 Å². The molecule has 1 aliphatic rings. The van der Waals surface area contributed by atoms with Crippen LogP contribution >= 0.6 is 0 Å². The molecule has 3 unspecified atom stereocenters. The van der Waals surface area contributed by atoms with Gasteiger partial charge in [0.15, 0.2) is 11.9 Å². The van der Waals surface area contributed by atoms with Crippen LogP contribution in [0.2, 0.25) is 0 Å². The molecule has 3 atom stereocenters. The van der Waals surface area contributed by atoms with E-state index >= 15 is 0 Å². The van der Waals surface area contributed by atoms with Crippen molar-refractivity contribution < 1.29 is 22.8 Å². The van der Waals surface area contributed by atoms with Gasteiger partial charge in [0, 0.05) is 5.92 Å². The molecule has 1 heterocycles. The zero-order valence-corrected chi connectivity index (χ0v) is 11.4. The van der Waals surface area contributed by atoms with Crippen molar-refractivity contribution in [1.82, 2.24) is 10.1 Å². The normalized spacial score (nSPS) is 25.6. The zero-order chi connectivity index (χ0) is 14.8. The minimum Gasteiger partial charge on any atom is -0.383 e. The Morgan fingerprint density at radius 3 is 2.80 bits per heavy atom. The van der Waals surface area contributed by atoms with E-state index in [2.05, 4.69) is 17.1 Å². The van der Waals surface area contributed by atoms with Gasteiger partial charge in [-0.15, -0.1) is 0 Å². The summed E-state index contributed by atoms with van der Waals surface area (Å²) in [4.78, 5) is 4.02. The van der Waals surface area contributed by atoms with Crippen molar-refractivity contribution in [1.29, 1.82) is 0 Å². The van der Waals surface area contributed by atoms with Crippen molar-refractivity contribution in [2.45, 2.75) is 63.6 Å². The van der Waals surface area contributed by atoms with Gasteiger partial charge >= 0.3 is 6.18 Å². The number of halogens is 3. The molecule has 1 saturated carbocycles. The lowest BCUT2D eigenvalue weighted by Gasteiger charge is -2.26. The minimum absolute atomic E-state index is 0.150. The fraction of sp³-hybridized carbons (Fsp3) is 0.846. The van der Waals surface area contributed by atoms with Crippen LogP contribution in [0.3, 0.4) is 0 Å². The minimum atomic E-state index is -4.66. The van der Waals surface area contributed by atoms with Crippen LogP contribution in [0.5, 0.6) is 0 Å². The third-order valence-corrected chi connectivity index (χ3v) is 3.95. The molecule has 7 heteroatoms. The van der Waals surface area contributed by atoms with E-state index in [-0.39, 0.29) is 11.8 Å². The second-order valence-corrected chi connectivity index (χ2v) is 5.45. The van der Waals surface area contributed by atoms with Gasteiger partial charge in [-0.2, -0.15) is 18.2 Å². The summed E-state index contributed by atoms with van der Waals surface area (Å²) in [6.07, 6.45) is -2.54. The van der Waals surface area contributed by atoms with Gasteiger partial charge in [0.2, 0.25) is 5.89 Å². The molecular formula is C13H19F3N2O2. The van der Waals surface area contributed by atoms with Crippen LogP contribution < -0.4 is 0 Å². The lowest BCUT2D eigenvalue weighted by atomic mass is 9.80. The number of hydrogen-bond acceptors (Lipinski definition) is 4. The van der Waals surface area contributed by atoms with E-state index in [9.17, 15) is 13.2 Å². The Kier molecular flexibility index (Phi) is 4.67. The second-order valence-electron chi connectivity index (χ2n) is 5.45. The molecule has 1 N–H and O–H groups in total. The highest BCUT2D eigenvalue weighted by Crippen LogP contribution is 2.36.